The molecule has 0 saturated carbocycles. The number of hydrazone groups is 1. The zero-order valence-electron chi connectivity index (χ0n) is 15.1. The van der Waals surface area contributed by atoms with Crippen LogP contribution in [0.5, 0.6) is 11.5 Å². The van der Waals surface area contributed by atoms with Crippen molar-refractivity contribution in [3.8, 4) is 11.5 Å². The summed E-state index contributed by atoms with van der Waals surface area (Å²) in [5.74, 6) is -1.58. The van der Waals surface area contributed by atoms with Gasteiger partial charge in [-0.2, -0.15) is 5.10 Å². The molecular formula is C20H19FN2O5. The Labute approximate surface area is 161 Å². The van der Waals surface area contributed by atoms with Gasteiger partial charge in [-0.15, -0.1) is 6.58 Å². The predicted molar refractivity (Wildman–Crippen MR) is 101 cm³/mol. The lowest BCUT2D eigenvalue weighted by Gasteiger charge is -2.14. The molecule has 2 N–H and O–H groups in total. The van der Waals surface area contributed by atoms with Gasteiger partial charge in [-0.1, -0.05) is 12.1 Å². The molecule has 8 heteroatoms. The molecule has 0 bridgehead atoms. The van der Waals surface area contributed by atoms with Crippen molar-refractivity contribution in [2.75, 3.05) is 13.7 Å². The van der Waals surface area contributed by atoms with Gasteiger partial charge in [0.05, 0.1) is 13.3 Å². The average molecular weight is 386 g/mol. The highest BCUT2D eigenvalue weighted by Crippen LogP contribution is 2.33. The molecule has 0 saturated heterocycles. The van der Waals surface area contributed by atoms with E-state index in [2.05, 4.69) is 17.1 Å². The number of nitrogens with zero attached hydrogens (tertiary/aromatic N) is 1. The van der Waals surface area contributed by atoms with Gasteiger partial charge in [-0.3, -0.25) is 4.79 Å². The fourth-order valence-corrected chi connectivity index (χ4v) is 2.37. The largest absolute Gasteiger partial charge is 0.493 e. The highest BCUT2D eigenvalue weighted by atomic mass is 19.1. The van der Waals surface area contributed by atoms with Crippen molar-refractivity contribution >= 4 is 18.1 Å². The number of carbonyl (C=O) groups is 2. The van der Waals surface area contributed by atoms with Gasteiger partial charge in [-0.25, -0.2) is 14.6 Å². The van der Waals surface area contributed by atoms with Gasteiger partial charge in [0.25, 0.3) is 5.91 Å². The Morgan fingerprint density at radius 3 is 2.75 bits per heavy atom. The van der Waals surface area contributed by atoms with E-state index < -0.39 is 24.3 Å². The molecule has 146 valence electrons. The number of methoxy groups -OCH3 is 1. The normalized spacial score (nSPS) is 10.5. The highest BCUT2D eigenvalue weighted by molar-refractivity contribution is 5.95. The first-order valence-electron chi connectivity index (χ1n) is 8.20. The van der Waals surface area contributed by atoms with E-state index in [9.17, 15) is 14.0 Å². The Kier molecular flexibility index (Phi) is 7.27. The second-order valence-corrected chi connectivity index (χ2v) is 5.60. The molecular weight excluding hydrogens is 367 g/mol. The number of halogens is 1. The van der Waals surface area contributed by atoms with E-state index in [-0.39, 0.29) is 5.56 Å². The molecule has 28 heavy (non-hydrogen) atoms. The smallest absolute Gasteiger partial charge is 0.341 e. The summed E-state index contributed by atoms with van der Waals surface area (Å²) in [7, 11) is 1.42. The summed E-state index contributed by atoms with van der Waals surface area (Å²) in [6.07, 6.45) is 3.42. The maximum absolute atomic E-state index is 13.2. The lowest BCUT2D eigenvalue weighted by molar-refractivity contribution is -0.139. The minimum absolute atomic E-state index is 0.138. The van der Waals surface area contributed by atoms with Crippen LogP contribution in [-0.2, 0) is 11.2 Å². The quantitative estimate of drug-likeness (QED) is 0.392. The summed E-state index contributed by atoms with van der Waals surface area (Å²) in [4.78, 5) is 22.8. The van der Waals surface area contributed by atoms with E-state index in [4.69, 9.17) is 14.6 Å². The van der Waals surface area contributed by atoms with Crippen LogP contribution >= 0.6 is 0 Å². The van der Waals surface area contributed by atoms with Crippen LogP contribution < -0.4 is 14.9 Å². The lowest BCUT2D eigenvalue weighted by Crippen LogP contribution is -2.17. The monoisotopic (exact) mass is 386 g/mol. The first kappa shape index (κ1) is 20.6. The fraction of sp³-hybridized carbons (Fsp3) is 0.150. The van der Waals surface area contributed by atoms with Crippen molar-refractivity contribution in [2.24, 2.45) is 5.10 Å². The molecule has 1 amide bonds. The molecule has 0 fully saturated rings. The van der Waals surface area contributed by atoms with E-state index in [1.54, 1.807) is 18.2 Å². The molecule has 0 aliphatic rings. The van der Waals surface area contributed by atoms with Crippen LogP contribution in [0.2, 0.25) is 0 Å². The molecule has 2 aromatic rings. The summed E-state index contributed by atoms with van der Waals surface area (Å²) in [5, 5.41) is 12.7. The lowest BCUT2D eigenvalue weighted by atomic mass is 10.1. The SMILES string of the molecule is C=CCc1cc(/C=N\NC(=O)c2cccc(F)c2)cc(OC)c1OCC(=O)O. The zero-order chi connectivity index (χ0) is 20.5. The number of hydrogen-bond acceptors (Lipinski definition) is 5. The molecule has 2 rings (SSSR count). The molecule has 0 heterocycles. The van der Waals surface area contributed by atoms with Crippen LogP contribution in [0.1, 0.15) is 21.5 Å². The van der Waals surface area contributed by atoms with Gasteiger partial charge < -0.3 is 14.6 Å². The molecule has 2 aromatic carbocycles. The standard InChI is InChI=1S/C20H19FN2O5/c1-3-5-14-8-13(9-17(27-2)19(14)28-12-18(24)25)11-22-23-20(26)15-6-4-7-16(21)10-15/h3-4,6-11H,1,5,12H2,2H3,(H,23,26)(H,24,25)/b22-11-. The maximum atomic E-state index is 13.2. The highest BCUT2D eigenvalue weighted by Gasteiger charge is 2.14. The number of nitrogens with one attached hydrogen (secondary N) is 1. The first-order valence-corrected chi connectivity index (χ1v) is 8.20. The molecule has 0 aliphatic carbocycles. The minimum Gasteiger partial charge on any atom is -0.493 e. The van der Waals surface area contributed by atoms with E-state index >= 15 is 0 Å². The van der Waals surface area contributed by atoms with Gasteiger partial charge in [0.15, 0.2) is 18.1 Å². The number of hydrogen-bond donors (Lipinski definition) is 2. The molecule has 0 aromatic heterocycles. The third kappa shape index (κ3) is 5.66. The number of rotatable bonds is 9. The van der Waals surface area contributed by atoms with Crippen LogP contribution in [0.4, 0.5) is 4.39 Å². The van der Waals surface area contributed by atoms with Crippen molar-refractivity contribution in [3.63, 3.8) is 0 Å². The molecule has 7 nitrogen and oxygen atoms in total. The van der Waals surface area contributed by atoms with Crippen molar-refractivity contribution < 1.29 is 28.6 Å². The van der Waals surface area contributed by atoms with Crippen LogP contribution in [0.25, 0.3) is 0 Å². The molecule has 0 spiro atoms. The number of benzene rings is 2. The third-order valence-electron chi connectivity index (χ3n) is 3.54. The fourth-order valence-electron chi connectivity index (χ4n) is 2.37. The number of carboxylic acid groups (broad SMARTS) is 1. The van der Waals surface area contributed by atoms with Crippen LogP contribution in [0, 0.1) is 5.82 Å². The third-order valence-corrected chi connectivity index (χ3v) is 3.54. The number of allylic oxidation sites excluding steroid dienone is 1. The van der Waals surface area contributed by atoms with E-state index in [0.717, 1.165) is 6.07 Å². The van der Waals surface area contributed by atoms with Crippen LogP contribution in [-0.4, -0.2) is 36.9 Å². The number of carbonyl (C=O) groups excluding carboxylic acids is 1. The summed E-state index contributed by atoms with van der Waals surface area (Å²) in [5.41, 5.74) is 3.68. The number of ether oxygens (including phenoxy) is 2. The van der Waals surface area contributed by atoms with Crippen LogP contribution in [0.15, 0.2) is 54.2 Å². The molecule has 0 radical (unpaired) electrons. The predicted octanol–water partition coefficient (Wildman–Crippen LogP) is 2.79. The Balaban J connectivity index is 2.21. The number of aliphatic carboxylic acids is 1. The Bertz CT molecular complexity index is 911. The van der Waals surface area contributed by atoms with Gasteiger partial charge in [-0.05, 0) is 42.3 Å². The minimum atomic E-state index is -1.11. The summed E-state index contributed by atoms with van der Waals surface area (Å²) >= 11 is 0. The molecule has 0 atom stereocenters. The van der Waals surface area contributed by atoms with Gasteiger partial charge in [0.2, 0.25) is 0 Å². The number of amides is 1. The summed E-state index contributed by atoms with van der Waals surface area (Å²) < 4.78 is 23.8. The second kappa shape index (κ2) is 9.86. The van der Waals surface area contributed by atoms with E-state index in [1.165, 1.54) is 31.5 Å². The van der Waals surface area contributed by atoms with E-state index in [0.29, 0.717) is 29.0 Å². The maximum Gasteiger partial charge on any atom is 0.341 e. The van der Waals surface area contributed by atoms with Crippen molar-refractivity contribution in [2.45, 2.75) is 6.42 Å². The van der Waals surface area contributed by atoms with Crippen molar-refractivity contribution in [3.05, 3.63) is 71.6 Å². The average Bonchev–Trinajstić information content (AvgIpc) is 2.66. The summed E-state index contributed by atoms with van der Waals surface area (Å²) in [6.45, 7) is 3.15. The Morgan fingerprint density at radius 1 is 1.32 bits per heavy atom. The topological polar surface area (TPSA) is 97.2 Å². The molecule has 0 aliphatic heterocycles. The van der Waals surface area contributed by atoms with Gasteiger partial charge in [0.1, 0.15) is 5.82 Å². The van der Waals surface area contributed by atoms with Gasteiger partial charge in [0, 0.05) is 11.1 Å². The number of carboxylic acids is 1. The van der Waals surface area contributed by atoms with Crippen molar-refractivity contribution in [1.29, 1.82) is 0 Å². The molecule has 0 unspecified atom stereocenters. The van der Waals surface area contributed by atoms with E-state index in [1.807, 2.05) is 0 Å². The Hall–Kier alpha value is -3.68. The van der Waals surface area contributed by atoms with Gasteiger partial charge >= 0.3 is 5.97 Å². The van der Waals surface area contributed by atoms with Crippen molar-refractivity contribution in [1.82, 2.24) is 5.43 Å². The first-order chi connectivity index (χ1) is 13.4. The zero-order valence-corrected chi connectivity index (χ0v) is 15.1. The second-order valence-electron chi connectivity index (χ2n) is 5.60. The Morgan fingerprint density at radius 2 is 2.11 bits per heavy atom. The summed E-state index contributed by atoms with van der Waals surface area (Å²) in [6, 6.07) is 8.52. The van der Waals surface area contributed by atoms with Crippen LogP contribution in [0.3, 0.4) is 0 Å².